The Bertz CT molecular complexity index is 677. The predicted octanol–water partition coefficient (Wildman–Crippen LogP) is 3.54. The molecule has 1 fully saturated rings. The van der Waals surface area contributed by atoms with Gasteiger partial charge in [0.25, 0.3) is 0 Å². The molecule has 1 aliphatic rings. The lowest BCUT2D eigenvalue weighted by Crippen LogP contribution is -2.42. The van der Waals surface area contributed by atoms with Gasteiger partial charge in [-0.15, -0.1) is 0 Å². The SMILES string of the molecule is Cc1ccc(C(CNCc2cccc(OC(C)C)c2)N2CCOCC2)o1. The number of hydrogen-bond donors (Lipinski definition) is 1. The normalized spacial score (nSPS) is 16.8. The van der Waals surface area contributed by atoms with E-state index in [0.29, 0.717) is 0 Å². The van der Waals surface area contributed by atoms with Crippen molar-refractivity contribution in [3.8, 4) is 5.75 Å². The monoisotopic (exact) mass is 358 g/mol. The zero-order valence-electron chi connectivity index (χ0n) is 16.0. The molecule has 2 heterocycles. The van der Waals surface area contributed by atoms with Gasteiger partial charge in [0, 0.05) is 26.2 Å². The van der Waals surface area contributed by atoms with E-state index in [2.05, 4.69) is 28.4 Å². The van der Waals surface area contributed by atoms with Crippen molar-refractivity contribution in [3.05, 3.63) is 53.5 Å². The zero-order chi connectivity index (χ0) is 18.4. The minimum absolute atomic E-state index is 0.186. The lowest BCUT2D eigenvalue weighted by atomic mass is 10.1. The van der Waals surface area contributed by atoms with Gasteiger partial charge in [-0.25, -0.2) is 0 Å². The average Bonchev–Trinajstić information content (AvgIpc) is 3.05. The highest BCUT2D eigenvalue weighted by molar-refractivity contribution is 5.28. The van der Waals surface area contributed by atoms with Gasteiger partial charge in [0.1, 0.15) is 17.3 Å². The number of furan rings is 1. The molecule has 1 aromatic heterocycles. The molecule has 0 saturated carbocycles. The molecule has 2 aromatic rings. The highest BCUT2D eigenvalue weighted by Gasteiger charge is 2.24. The van der Waals surface area contributed by atoms with Crippen molar-refractivity contribution >= 4 is 0 Å². The summed E-state index contributed by atoms with van der Waals surface area (Å²) < 4.78 is 17.2. The third-order valence-electron chi connectivity index (χ3n) is 4.51. The van der Waals surface area contributed by atoms with Crippen LogP contribution in [0.5, 0.6) is 5.75 Å². The molecule has 3 rings (SSSR count). The molecule has 1 saturated heterocycles. The van der Waals surface area contributed by atoms with Crippen LogP contribution in [0.25, 0.3) is 0 Å². The number of aryl methyl sites for hydroxylation is 1. The van der Waals surface area contributed by atoms with Crippen LogP contribution in [0.3, 0.4) is 0 Å². The van der Waals surface area contributed by atoms with Gasteiger partial charge in [-0.2, -0.15) is 0 Å². The Kier molecular flexibility index (Phi) is 6.72. The van der Waals surface area contributed by atoms with E-state index in [1.807, 2.05) is 39.0 Å². The molecule has 0 amide bonds. The van der Waals surface area contributed by atoms with E-state index in [1.54, 1.807) is 0 Å². The first-order valence-corrected chi connectivity index (χ1v) is 9.46. The quantitative estimate of drug-likeness (QED) is 0.782. The van der Waals surface area contributed by atoms with Crippen LogP contribution in [0.15, 0.2) is 40.8 Å². The van der Waals surface area contributed by atoms with Gasteiger partial charge < -0.3 is 19.2 Å². The van der Waals surface area contributed by atoms with Crippen molar-refractivity contribution < 1.29 is 13.9 Å². The van der Waals surface area contributed by atoms with Gasteiger partial charge in [0.15, 0.2) is 0 Å². The molecule has 1 aliphatic heterocycles. The number of morpholine rings is 1. The number of ether oxygens (including phenoxy) is 2. The zero-order valence-corrected chi connectivity index (χ0v) is 16.0. The van der Waals surface area contributed by atoms with Gasteiger partial charge in [0.05, 0.1) is 25.4 Å². The summed E-state index contributed by atoms with van der Waals surface area (Å²) in [5.74, 6) is 2.90. The van der Waals surface area contributed by atoms with Crippen LogP contribution in [0.1, 0.15) is 37.0 Å². The minimum Gasteiger partial charge on any atom is -0.491 e. The first-order chi connectivity index (χ1) is 12.6. The molecule has 0 aliphatic carbocycles. The van der Waals surface area contributed by atoms with Crippen LogP contribution in [-0.4, -0.2) is 43.9 Å². The van der Waals surface area contributed by atoms with Gasteiger partial charge in [-0.3, -0.25) is 4.90 Å². The molecule has 0 spiro atoms. The number of benzene rings is 1. The maximum atomic E-state index is 5.92. The first kappa shape index (κ1) is 19.0. The molecule has 1 unspecified atom stereocenters. The summed E-state index contributed by atoms with van der Waals surface area (Å²) in [5.41, 5.74) is 1.22. The third kappa shape index (κ3) is 5.34. The van der Waals surface area contributed by atoms with E-state index in [9.17, 15) is 0 Å². The molecule has 5 heteroatoms. The second-order valence-corrected chi connectivity index (χ2v) is 7.06. The molecule has 1 atom stereocenters. The molecule has 1 N–H and O–H groups in total. The van der Waals surface area contributed by atoms with Gasteiger partial charge in [-0.1, -0.05) is 12.1 Å². The van der Waals surface area contributed by atoms with E-state index < -0.39 is 0 Å². The second-order valence-electron chi connectivity index (χ2n) is 7.06. The summed E-state index contributed by atoms with van der Waals surface area (Å²) in [6.07, 6.45) is 0.186. The first-order valence-electron chi connectivity index (χ1n) is 9.46. The molecule has 1 aromatic carbocycles. The molecule has 0 bridgehead atoms. The van der Waals surface area contributed by atoms with Crippen LogP contribution in [0.4, 0.5) is 0 Å². The molecular formula is C21H30N2O3. The summed E-state index contributed by atoms with van der Waals surface area (Å²) in [6.45, 7) is 11.2. The maximum Gasteiger partial charge on any atom is 0.122 e. The maximum absolute atomic E-state index is 5.92. The Morgan fingerprint density at radius 2 is 1.96 bits per heavy atom. The second kappa shape index (κ2) is 9.21. The lowest BCUT2D eigenvalue weighted by molar-refractivity contribution is 0.0115. The third-order valence-corrected chi connectivity index (χ3v) is 4.51. The topological polar surface area (TPSA) is 46.9 Å². The molecule has 0 radical (unpaired) electrons. The Morgan fingerprint density at radius 3 is 2.65 bits per heavy atom. The van der Waals surface area contributed by atoms with Gasteiger partial charge >= 0.3 is 0 Å². The smallest absolute Gasteiger partial charge is 0.122 e. The van der Waals surface area contributed by atoms with Crippen molar-refractivity contribution in [1.82, 2.24) is 10.2 Å². The Balaban J connectivity index is 1.61. The van der Waals surface area contributed by atoms with Crippen LogP contribution in [0.2, 0.25) is 0 Å². The summed E-state index contributed by atoms with van der Waals surface area (Å²) in [5, 5.41) is 3.59. The molecule has 142 valence electrons. The number of nitrogens with one attached hydrogen (secondary N) is 1. The fourth-order valence-corrected chi connectivity index (χ4v) is 3.29. The van der Waals surface area contributed by atoms with Crippen molar-refractivity contribution in [2.24, 2.45) is 0 Å². The Labute approximate surface area is 156 Å². The summed E-state index contributed by atoms with van der Waals surface area (Å²) in [4.78, 5) is 2.44. The summed E-state index contributed by atoms with van der Waals surface area (Å²) >= 11 is 0. The van der Waals surface area contributed by atoms with Crippen LogP contribution >= 0.6 is 0 Å². The van der Waals surface area contributed by atoms with Crippen molar-refractivity contribution in [3.63, 3.8) is 0 Å². The van der Waals surface area contributed by atoms with Gasteiger partial charge in [-0.05, 0) is 50.6 Å². The number of nitrogens with zero attached hydrogens (tertiary/aromatic N) is 1. The van der Waals surface area contributed by atoms with Crippen molar-refractivity contribution in [2.45, 2.75) is 39.5 Å². The van der Waals surface area contributed by atoms with Crippen LogP contribution in [0, 0.1) is 6.92 Å². The van der Waals surface area contributed by atoms with E-state index in [1.165, 1.54) is 5.56 Å². The number of rotatable bonds is 8. The Hall–Kier alpha value is -1.82. The standard InChI is InChI=1S/C21H30N2O3/c1-16(2)25-19-6-4-5-18(13-19)14-22-15-20(21-8-7-17(3)26-21)23-9-11-24-12-10-23/h4-8,13,16,20,22H,9-12,14-15H2,1-3H3. The largest absolute Gasteiger partial charge is 0.491 e. The van der Waals surface area contributed by atoms with Crippen LogP contribution in [-0.2, 0) is 11.3 Å². The van der Waals surface area contributed by atoms with Crippen molar-refractivity contribution in [1.29, 1.82) is 0 Å². The van der Waals surface area contributed by atoms with E-state index in [-0.39, 0.29) is 12.1 Å². The Morgan fingerprint density at radius 1 is 1.15 bits per heavy atom. The highest BCUT2D eigenvalue weighted by atomic mass is 16.5. The summed E-state index contributed by atoms with van der Waals surface area (Å²) in [6, 6.07) is 12.6. The van der Waals surface area contributed by atoms with E-state index in [0.717, 1.165) is 56.7 Å². The minimum atomic E-state index is 0.186. The number of hydrogen-bond acceptors (Lipinski definition) is 5. The van der Waals surface area contributed by atoms with Crippen molar-refractivity contribution in [2.75, 3.05) is 32.8 Å². The molecular weight excluding hydrogens is 328 g/mol. The fourth-order valence-electron chi connectivity index (χ4n) is 3.29. The fraction of sp³-hybridized carbons (Fsp3) is 0.524. The average molecular weight is 358 g/mol. The van der Waals surface area contributed by atoms with Gasteiger partial charge in [0.2, 0.25) is 0 Å². The summed E-state index contributed by atoms with van der Waals surface area (Å²) in [7, 11) is 0. The predicted molar refractivity (Wildman–Crippen MR) is 102 cm³/mol. The van der Waals surface area contributed by atoms with E-state index in [4.69, 9.17) is 13.9 Å². The van der Waals surface area contributed by atoms with Crippen LogP contribution < -0.4 is 10.1 Å². The molecule has 26 heavy (non-hydrogen) atoms. The molecule has 5 nitrogen and oxygen atoms in total. The van der Waals surface area contributed by atoms with E-state index >= 15 is 0 Å². The lowest BCUT2D eigenvalue weighted by Gasteiger charge is -2.33. The highest BCUT2D eigenvalue weighted by Crippen LogP contribution is 2.23.